The number of aryl methyl sites for hydroxylation is 1. The second kappa shape index (κ2) is 4.08. The molecule has 0 fully saturated rings. The van der Waals surface area contributed by atoms with Gasteiger partial charge in [0.05, 0.1) is 16.6 Å². The van der Waals surface area contributed by atoms with Crippen LogP contribution in [0.5, 0.6) is 0 Å². The van der Waals surface area contributed by atoms with Crippen LogP contribution in [0.1, 0.15) is 5.56 Å². The Hall–Kier alpha value is -2.87. The Balaban J connectivity index is 2.26. The number of hydrogen-bond acceptors (Lipinski definition) is 1. The molecule has 0 saturated carbocycles. The van der Waals surface area contributed by atoms with E-state index in [1.165, 1.54) is 32.8 Å². The molecule has 2 aromatic heterocycles. The minimum absolute atomic E-state index is 1.04. The fourth-order valence-corrected chi connectivity index (χ4v) is 3.52. The number of benzene rings is 3. The summed E-state index contributed by atoms with van der Waals surface area (Å²) in [5, 5.41) is 3.80. The molecule has 0 spiro atoms. The second-order valence-corrected chi connectivity index (χ2v) is 5.77. The standard InChI is InChI=1S/C20H14N2/c1-13-7-6-9-15-14-8-2-4-11-17(14)22-18-12-5-3-10-16(18)21-20(22)19(13)15/h2-12H,1H3. The van der Waals surface area contributed by atoms with Crippen LogP contribution in [0.25, 0.3) is 38.4 Å². The van der Waals surface area contributed by atoms with Gasteiger partial charge in [0.15, 0.2) is 0 Å². The van der Waals surface area contributed by atoms with Gasteiger partial charge in [-0.15, -0.1) is 0 Å². The van der Waals surface area contributed by atoms with E-state index in [9.17, 15) is 0 Å². The van der Waals surface area contributed by atoms with Crippen molar-refractivity contribution in [2.24, 2.45) is 0 Å². The van der Waals surface area contributed by atoms with Crippen LogP contribution < -0.4 is 0 Å². The first-order chi connectivity index (χ1) is 10.8. The van der Waals surface area contributed by atoms with Gasteiger partial charge in [0.25, 0.3) is 0 Å². The van der Waals surface area contributed by atoms with Gasteiger partial charge in [0, 0.05) is 10.8 Å². The zero-order valence-corrected chi connectivity index (χ0v) is 12.2. The maximum absolute atomic E-state index is 4.92. The molecular weight excluding hydrogens is 268 g/mol. The minimum Gasteiger partial charge on any atom is -0.292 e. The highest BCUT2D eigenvalue weighted by Gasteiger charge is 2.13. The first-order valence-electron chi connectivity index (χ1n) is 7.52. The molecule has 0 unspecified atom stereocenters. The van der Waals surface area contributed by atoms with Crippen molar-refractivity contribution in [2.45, 2.75) is 6.92 Å². The van der Waals surface area contributed by atoms with Crippen LogP contribution in [0.4, 0.5) is 0 Å². The summed E-state index contributed by atoms with van der Waals surface area (Å²) in [7, 11) is 0. The number of fused-ring (bicyclic) bond motifs is 8. The van der Waals surface area contributed by atoms with E-state index in [4.69, 9.17) is 4.98 Å². The van der Waals surface area contributed by atoms with Gasteiger partial charge in [0.2, 0.25) is 0 Å². The highest BCUT2D eigenvalue weighted by molar-refractivity contribution is 6.14. The van der Waals surface area contributed by atoms with Gasteiger partial charge in [-0.3, -0.25) is 4.40 Å². The van der Waals surface area contributed by atoms with E-state index in [2.05, 4.69) is 72.0 Å². The van der Waals surface area contributed by atoms with Crippen LogP contribution in [-0.2, 0) is 0 Å². The molecule has 0 atom stereocenters. The van der Waals surface area contributed by atoms with Crippen LogP contribution in [-0.4, -0.2) is 9.38 Å². The maximum Gasteiger partial charge on any atom is 0.146 e. The van der Waals surface area contributed by atoms with Gasteiger partial charge in [-0.05, 0) is 36.1 Å². The first-order valence-corrected chi connectivity index (χ1v) is 7.52. The monoisotopic (exact) mass is 282 g/mol. The topological polar surface area (TPSA) is 17.3 Å². The third kappa shape index (κ3) is 1.37. The number of para-hydroxylation sites is 3. The first kappa shape index (κ1) is 11.8. The van der Waals surface area contributed by atoms with E-state index < -0.39 is 0 Å². The molecule has 2 nitrogen and oxygen atoms in total. The zero-order chi connectivity index (χ0) is 14.7. The van der Waals surface area contributed by atoms with Crippen molar-refractivity contribution in [3.63, 3.8) is 0 Å². The van der Waals surface area contributed by atoms with Gasteiger partial charge in [-0.1, -0.05) is 48.5 Å². The van der Waals surface area contributed by atoms with Gasteiger partial charge in [0.1, 0.15) is 5.65 Å². The lowest BCUT2D eigenvalue weighted by Gasteiger charge is -2.10. The molecular formula is C20H14N2. The lowest BCUT2D eigenvalue weighted by molar-refractivity contribution is 1.31. The third-order valence-corrected chi connectivity index (χ3v) is 4.49. The molecule has 0 aliphatic rings. The molecule has 2 heterocycles. The number of imidazole rings is 1. The molecule has 104 valence electrons. The smallest absolute Gasteiger partial charge is 0.146 e. The van der Waals surface area contributed by atoms with Crippen molar-refractivity contribution < 1.29 is 0 Å². The van der Waals surface area contributed by atoms with Crippen LogP contribution >= 0.6 is 0 Å². The quantitative estimate of drug-likeness (QED) is 0.361. The van der Waals surface area contributed by atoms with Crippen molar-refractivity contribution in [1.82, 2.24) is 9.38 Å². The number of nitrogens with zero attached hydrogens (tertiary/aromatic N) is 2. The van der Waals surface area contributed by atoms with Crippen LogP contribution in [0.3, 0.4) is 0 Å². The van der Waals surface area contributed by atoms with Crippen molar-refractivity contribution in [3.05, 3.63) is 72.3 Å². The average molecular weight is 282 g/mol. The molecule has 0 amide bonds. The Morgan fingerprint density at radius 3 is 2.36 bits per heavy atom. The molecule has 5 aromatic rings. The molecule has 2 heteroatoms. The van der Waals surface area contributed by atoms with E-state index in [-0.39, 0.29) is 0 Å². The third-order valence-electron chi connectivity index (χ3n) is 4.49. The average Bonchev–Trinajstić information content (AvgIpc) is 2.94. The van der Waals surface area contributed by atoms with E-state index in [0.717, 1.165) is 11.2 Å². The van der Waals surface area contributed by atoms with Crippen molar-refractivity contribution in [2.75, 3.05) is 0 Å². The fourth-order valence-electron chi connectivity index (χ4n) is 3.52. The lowest BCUT2D eigenvalue weighted by Crippen LogP contribution is -1.92. The molecule has 0 saturated heterocycles. The molecule has 0 N–H and O–H groups in total. The minimum atomic E-state index is 1.04. The van der Waals surface area contributed by atoms with E-state index >= 15 is 0 Å². The Labute approximate surface area is 127 Å². The summed E-state index contributed by atoms with van der Waals surface area (Å²) in [4.78, 5) is 4.92. The van der Waals surface area contributed by atoms with Gasteiger partial charge in [-0.2, -0.15) is 0 Å². The summed E-state index contributed by atoms with van der Waals surface area (Å²) >= 11 is 0. The van der Waals surface area contributed by atoms with Crippen molar-refractivity contribution in [1.29, 1.82) is 0 Å². The lowest BCUT2D eigenvalue weighted by atomic mass is 10.0. The summed E-state index contributed by atoms with van der Waals surface area (Å²) in [6.45, 7) is 2.16. The summed E-state index contributed by atoms with van der Waals surface area (Å²) in [5.74, 6) is 0. The molecule has 0 aliphatic carbocycles. The van der Waals surface area contributed by atoms with Crippen LogP contribution in [0, 0.1) is 6.92 Å². The maximum atomic E-state index is 4.92. The van der Waals surface area contributed by atoms with E-state index in [1.807, 2.05) is 6.07 Å². The number of pyridine rings is 1. The summed E-state index contributed by atoms with van der Waals surface area (Å²) in [6.07, 6.45) is 0. The summed E-state index contributed by atoms with van der Waals surface area (Å²) in [6, 6.07) is 23.4. The Kier molecular flexibility index (Phi) is 2.18. The van der Waals surface area contributed by atoms with Crippen molar-refractivity contribution in [3.8, 4) is 0 Å². The molecule has 22 heavy (non-hydrogen) atoms. The predicted molar refractivity (Wildman–Crippen MR) is 92.4 cm³/mol. The van der Waals surface area contributed by atoms with Gasteiger partial charge in [-0.25, -0.2) is 4.98 Å². The molecule has 3 aromatic carbocycles. The predicted octanol–water partition coefficient (Wildman–Crippen LogP) is 5.10. The Bertz CT molecular complexity index is 1180. The van der Waals surface area contributed by atoms with Gasteiger partial charge >= 0.3 is 0 Å². The second-order valence-electron chi connectivity index (χ2n) is 5.77. The normalized spacial score (nSPS) is 11.9. The largest absolute Gasteiger partial charge is 0.292 e. The Morgan fingerprint density at radius 2 is 1.45 bits per heavy atom. The SMILES string of the molecule is Cc1cccc2c3ccccc3n3c4ccccc4nc3c12. The van der Waals surface area contributed by atoms with Crippen LogP contribution in [0.15, 0.2) is 66.7 Å². The fraction of sp³-hybridized carbons (Fsp3) is 0.0500. The van der Waals surface area contributed by atoms with E-state index in [0.29, 0.717) is 0 Å². The molecule has 5 rings (SSSR count). The number of aromatic nitrogens is 2. The number of rotatable bonds is 0. The Morgan fingerprint density at radius 1 is 0.727 bits per heavy atom. The molecule has 0 aliphatic heterocycles. The van der Waals surface area contributed by atoms with Gasteiger partial charge < -0.3 is 0 Å². The molecule has 0 bridgehead atoms. The number of hydrogen-bond donors (Lipinski definition) is 0. The van der Waals surface area contributed by atoms with E-state index in [1.54, 1.807) is 0 Å². The zero-order valence-electron chi connectivity index (χ0n) is 12.2. The molecule has 0 radical (unpaired) electrons. The summed E-state index contributed by atoms with van der Waals surface area (Å²) < 4.78 is 2.29. The highest BCUT2D eigenvalue weighted by Crippen LogP contribution is 2.33. The van der Waals surface area contributed by atoms with Crippen molar-refractivity contribution >= 4 is 38.4 Å². The van der Waals surface area contributed by atoms with Crippen LogP contribution in [0.2, 0.25) is 0 Å². The summed E-state index contributed by atoms with van der Waals surface area (Å²) in [5.41, 5.74) is 5.74. The highest BCUT2D eigenvalue weighted by atomic mass is 15.0.